The van der Waals surface area contributed by atoms with Crippen molar-refractivity contribution in [3.63, 3.8) is 0 Å². The molecule has 4 aromatic heterocycles. The van der Waals surface area contributed by atoms with Gasteiger partial charge in [-0.1, -0.05) is 131 Å². The van der Waals surface area contributed by atoms with Gasteiger partial charge in [-0.2, -0.15) is 0 Å². The molecule has 0 unspecified atom stereocenters. The zero-order chi connectivity index (χ0) is 75.6. The highest BCUT2D eigenvalue weighted by molar-refractivity contribution is 6.77. The fourth-order valence-corrected chi connectivity index (χ4v) is 17.7. The minimum atomic E-state index is -2.15. The van der Waals surface area contributed by atoms with Crippen LogP contribution in [0, 0.1) is 0 Å². The second-order valence-corrected chi connectivity index (χ2v) is 29.0. The van der Waals surface area contributed by atoms with Gasteiger partial charge in [0.1, 0.15) is 45.4 Å². The molecule has 16 nitrogen and oxygen atoms in total. The molecule has 8 aromatic carbocycles. The van der Waals surface area contributed by atoms with Gasteiger partial charge in [0.05, 0.1) is 70.2 Å². The Morgan fingerprint density at radius 2 is 0.651 bits per heavy atom. The molecule has 8 aliphatic rings. The molecule has 12 heterocycles. The summed E-state index contributed by atoms with van der Waals surface area (Å²) in [6.07, 6.45) is 16.9. The van der Waals surface area contributed by atoms with Gasteiger partial charge in [-0.05, 0) is 205 Å². The number of fused-ring (bicyclic) bond motifs is 14. The van der Waals surface area contributed by atoms with Gasteiger partial charge >= 0.3 is 27.9 Å². The Morgan fingerprint density at radius 1 is 0.321 bits per heavy atom. The molecule has 12 aromatic rings. The molecule has 0 saturated heterocycles. The van der Waals surface area contributed by atoms with Crippen molar-refractivity contribution in [2.45, 2.75) is 80.1 Å². The first-order valence-corrected chi connectivity index (χ1v) is 36.7. The summed E-state index contributed by atoms with van der Waals surface area (Å²) in [5.74, 6) is 3.69. The van der Waals surface area contributed by atoms with Crippen molar-refractivity contribution in [3.8, 4) is 0 Å². The first kappa shape index (κ1) is 63.9. The Bertz CT molecular complexity index is 5680. The van der Waals surface area contributed by atoms with Crippen LogP contribution >= 0.6 is 0 Å². The van der Waals surface area contributed by atoms with E-state index in [1.165, 1.54) is 77.6 Å². The van der Waals surface area contributed by atoms with Crippen LogP contribution in [-0.4, -0.2) is 109 Å². The molecule has 106 heavy (non-hydrogen) atoms. The second kappa shape index (κ2) is 26.7. The van der Waals surface area contributed by atoms with Crippen molar-refractivity contribution in [1.29, 1.82) is 0 Å². The van der Waals surface area contributed by atoms with E-state index in [1.54, 1.807) is 6.20 Å². The van der Waals surface area contributed by atoms with E-state index in [9.17, 15) is 0 Å². The summed E-state index contributed by atoms with van der Waals surface area (Å²) >= 11 is 0. The summed E-state index contributed by atoms with van der Waals surface area (Å²) in [5.41, 5.74) is 20.6. The topological polar surface area (TPSA) is 91.4 Å². The Balaban J connectivity index is 0.000000107. The van der Waals surface area contributed by atoms with Crippen LogP contribution < -0.4 is 43.6 Å². The van der Waals surface area contributed by atoms with Gasteiger partial charge in [0.2, 0.25) is 0 Å². The van der Waals surface area contributed by atoms with Gasteiger partial charge in [-0.3, -0.25) is 0 Å². The number of nitrogens with zero attached hydrogens (tertiary/aromatic N) is 12. The van der Waals surface area contributed by atoms with Crippen LogP contribution in [0.5, 0.6) is 0 Å². The zero-order valence-electron chi connectivity index (χ0n) is 65.4. The number of furan rings is 4. The molecular formula is C86H88B4N12O4. The Kier molecular flexibility index (Phi) is 16.1. The molecule has 0 bridgehead atoms. The average molecular weight is 1400 g/mol. The van der Waals surface area contributed by atoms with Gasteiger partial charge in [0, 0.05) is 75.9 Å². The SMILES string of the molecule is CC1=Cc2oc3ccccc3c2N(C)B1N1C=CN(c2ccccc2)[C@@H]1C.CC1=Cc2oc3ccccc3c2N(C)B1N1c2ccccc2N(C)[C@@H]1C.CC1=Cc2oc3ccccc3c2N(C)B1N1c2ccccc2N(c2ccccc2)[C@@H]1C.[2H]C([2H])([2H])N1C=CN(B2C(C)=Cc3oc4ccccc4c3N2C)[C@H]1C. The van der Waals surface area contributed by atoms with E-state index >= 15 is 0 Å². The van der Waals surface area contributed by atoms with E-state index in [0.29, 0.717) is 0 Å². The lowest BCUT2D eigenvalue weighted by Gasteiger charge is -2.41. The molecule has 0 fully saturated rings. The van der Waals surface area contributed by atoms with Crippen LogP contribution in [0.2, 0.25) is 0 Å². The fraction of sp³-hybridized carbons (Fsp3) is 0.209. The van der Waals surface area contributed by atoms with Crippen LogP contribution in [0.15, 0.2) is 271 Å². The maximum absolute atomic E-state index is 7.70. The number of para-hydroxylation sites is 10. The molecule has 8 aliphatic heterocycles. The number of hydrogen-bond donors (Lipinski definition) is 0. The third-order valence-electron chi connectivity index (χ3n) is 22.7. The second-order valence-electron chi connectivity index (χ2n) is 29.0. The molecule has 20 rings (SSSR count). The third kappa shape index (κ3) is 11.0. The van der Waals surface area contributed by atoms with Gasteiger partial charge < -0.3 is 75.8 Å². The number of benzene rings is 8. The van der Waals surface area contributed by atoms with Crippen LogP contribution in [0.1, 0.15) is 82.5 Å². The molecule has 0 amide bonds. The first-order chi connectivity index (χ1) is 52.7. The van der Waals surface area contributed by atoms with Crippen molar-refractivity contribution >= 4 is 153 Å². The molecule has 0 spiro atoms. The Morgan fingerprint density at radius 3 is 1.08 bits per heavy atom. The minimum Gasteiger partial charge on any atom is -0.455 e. The van der Waals surface area contributed by atoms with Gasteiger partial charge in [0.15, 0.2) is 0 Å². The molecule has 0 N–H and O–H groups in total. The number of allylic oxidation sites excluding steroid dienone is 4. The third-order valence-corrected chi connectivity index (χ3v) is 22.7. The van der Waals surface area contributed by atoms with Crippen LogP contribution in [0.4, 0.5) is 56.9 Å². The molecule has 0 radical (unpaired) electrons. The molecule has 0 aliphatic carbocycles. The summed E-state index contributed by atoms with van der Waals surface area (Å²) in [7, 11) is 10.7. The number of hydrogen-bond acceptors (Lipinski definition) is 16. The fourth-order valence-electron chi connectivity index (χ4n) is 17.7. The lowest BCUT2D eigenvalue weighted by atomic mass is 9.61. The molecule has 4 atom stereocenters. The summed E-state index contributed by atoms with van der Waals surface area (Å²) in [6, 6.07) is 71.4. The average Bonchev–Trinajstić information content (AvgIpc) is 1.60. The molecule has 20 heteroatoms. The Hall–Kier alpha value is -11.8. The lowest BCUT2D eigenvalue weighted by molar-refractivity contribution is 0.272. The minimum absolute atomic E-state index is 0.0629. The van der Waals surface area contributed by atoms with Gasteiger partial charge in [-0.25, -0.2) is 0 Å². The van der Waals surface area contributed by atoms with E-state index in [-0.39, 0.29) is 52.6 Å². The smallest absolute Gasteiger partial charge is 0.408 e. The summed E-state index contributed by atoms with van der Waals surface area (Å²) in [4.78, 5) is 27.3. The maximum Gasteiger partial charge on any atom is 0.408 e. The summed E-state index contributed by atoms with van der Waals surface area (Å²) in [5, 5.41) is 4.57. The van der Waals surface area contributed by atoms with Gasteiger partial charge in [-0.15, -0.1) is 0 Å². The predicted molar refractivity (Wildman–Crippen MR) is 447 cm³/mol. The summed E-state index contributed by atoms with van der Waals surface area (Å²) < 4.78 is 47.5. The maximum atomic E-state index is 7.70. The van der Waals surface area contributed by atoms with Gasteiger partial charge in [0.25, 0.3) is 0 Å². The van der Waals surface area contributed by atoms with E-state index in [4.69, 9.17) is 21.8 Å². The van der Waals surface area contributed by atoms with Crippen molar-refractivity contribution in [2.24, 2.45) is 0 Å². The predicted octanol–water partition coefficient (Wildman–Crippen LogP) is 19.3. The van der Waals surface area contributed by atoms with Crippen LogP contribution in [-0.2, 0) is 0 Å². The Labute approximate surface area is 627 Å². The molecule has 0 saturated carbocycles. The highest BCUT2D eigenvalue weighted by Gasteiger charge is 2.48. The molecule has 528 valence electrons. The quantitative estimate of drug-likeness (QED) is 0.148. The highest BCUT2D eigenvalue weighted by Crippen LogP contribution is 2.50. The monoisotopic (exact) mass is 1400 g/mol. The van der Waals surface area contributed by atoms with E-state index < -0.39 is 6.98 Å². The molecular weight excluding hydrogens is 1310 g/mol. The number of anilines is 10. The standard InChI is InChI=1S/C26H24BN3O.C22H22BN3O.C21H22BN3O.C17H20BN3O/c1-18-17-25-26(21-13-7-10-16-24(21)31-25)28(3)27(18)30-19(2)29(20-11-5-4-6-12-20)22-14-8-9-15-23(22)30;1-16-15-21-22(19-11-7-8-12-20(19)27-21)24(3)23(16)26-14-13-25(17(26)2)18-9-5-4-6-10-18;1-14-13-20-21(16-9-5-8-12-19(16)26-20)24(4)22(14)25-15(2)23(3)17-10-6-7-11-18(17)25;1-12-11-16-17(14-7-5-6-8-15(14)22-16)20(4)18(12)21-10-9-19(3)13(21)2/h4-17,19H,1-3H3;4-15,17H,1-3H3;5-13,15H,1-4H3;5-11,13H,1-4H3/t19-;17-;15-;13-/m0000/s1/i;;;3D3. The lowest BCUT2D eigenvalue weighted by Crippen LogP contribution is -2.58. The van der Waals surface area contributed by atoms with Crippen LogP contribution in [0.25, 0.3) is 68.2 Å². The van der Waals surface area contributed by atoms with E-state index in [1.807, 2.05) is 74.8 Å². The van der Waals surface area contributed by atoms with Crippen molar-refractivity contribution in [2.75, 3.05) is 85.8 Å². The van der Waals surface area contributed by atoms with E-state index in [0.717, 1.165) is 73.0 Å². The number of rotatable bonds is 6. The normalized spacial score (nSPS) is 19.6. The van der Waals surface area contributed by atoms with Crippen molar-refractivity contribution in [3.05, 3.63) is 276 Å². The largest absolute Gasteiger partial charge is 0.455 e. The highest BCUT2D eigenvalue weighted by atomic mass is 16.3. The van der Waals surface area contributed by atoms with Crippen LogP contribution in [0.3, 0.4) is 0 Å². The summed E-state index contributed by atoms with van der Waals surface area (Å²) in [6.45, 7) is 15.5. The van der Waals surface area contributed by atoms with Crippen molar-refractivity contribution < 1.29 is 21.8 Å². The van der Waals surface area contributed by atoms with Crippen molar-refractivity contribution in [1.82, 2.24) is 14.5 Å². The first-order valence-electron chi connectivity index (χ1n) is 38.2. The van der Waals surface area contributed by atoms with E-state index in [2.05, 4.69) is 318 Å². The zero-order valence-corrected chi connectivity index (χ0v) is 62.4.